The molecule has 5 rings (SSSR count). The van der Waals surface area contributed by atoms with Crippen molar-refractivity contribution in [2.24, 2.45) is 5.92 Å². The van der Waals surface area contributed by atoms with Crippen LogP contribution < -0.4 is 10.5 Å². The summed E-state index contributed by atoms with van der Waals surface area (Å²) in [6, 6.07) is 1.76. The number of rotatable bonds is 2. The monoisotopic (exact) mass is 422 g/mol. The van der Waals surface area contributed by atoms with Gasteiger partial charge in [0.2, 0.25) is 5.95 Å². The highest BCUT2D eigenvalue weighted by Gasteiger charge is 2.29. The van der Waals surface area contributed by atoms with Gasteiger partial charge in [0.05, 0.1) is 34.4 Å². The van der Waals surface area contributed by atoms with Gasteiger partial charge >= 0.3 is 0 Å². The molecule has 0 spiro atoms. The average molecular weight is 422 g/mol. The van der Waals surface area contributed by atoms with Crippen molar-refractivity contribution < 1.29 is 9.32 Å². The molecule has 0 aliphatic carbocycles. The maximum absolute atomic E-state index is 13.4. The van der Waals surface area contributed by atoms with Gasteiger partial charge in [-0.3, -0.25) is 14.6 Å². The smallest absolute Gasteiger partial charge is 0.258 e. The quantitative estimate of drug-likeness (QED) is 0.675. The van der Waals surface area contributed by atoms with E-state index in [0.717, 1.165) is 25.2 Å². The third-order valence-corrected chi connectivity index (χ3v) is 6.28. The first-order valence-electron chi connectivity index (χ1n) is 10.8. The number of amides is 1. The number of carbonyl (C=O) groups is 1. The third-order valence-electron chi connectivity index (χ3n) is 6.28. The minimum atomic E-state index is -0.159. The number of hydrogen-bond acceptors (Lipinski definition) is 7. The first kappa shape index (κ1) is 19.7. The van der Waals surface area contributed by atoms with Crippen LogP contribution >= 0.6 is 0 Å². The summed E-state index contributed by atoms with van der Waals surface area (Å²) in [4.78, 5) is 42.2. The van der Waals surface area contributed by atoms with Gasteiger partial charge in [-0.25, -0.2) is 9.97 Å². The molecule has 31 heavy (non-hydrogen) atoms. The van der Waals surface area contributed by atoms with E-state index in [9.17, 15) is 9.59 Å². The van der Waals surface area contributed by atoms with Crippen molar-refractivity contribution in [3.63, 3.8) is 0 Å². The van der Waals surface area contributed by atoms with E-state index in [0.29, 0.717) is 58.4 Å². The van der Waals surface area contributed by atoms with Gasteiger partial charge in [-0.1, -0.05) is 12.1 Å². The number of piperidine rings is 1. The number of aromatic nitrogens is 4. The number of carbonyl (C=O) groups excluding carboxylic acids is 1. The molecule has 0 bridgehead atoms. The molecule has 0 saturated carbocycles. The molecule has 0 radical (unpaired) electrons. The number of nitrogens with one attached hydrogen (secondary N) is 1. The lowest BCUT2D eigenvalue weighted by molar-refractivity contribution is 0.0734. The van der Waals surface area contributed by atoms with Gasteiger partial charge in [0.15, 0.2) is 0 Å². The molecule has 5 heterocycles. The fourth-order valence-corrected chi connectivity index (χ4v) is 4.67. The maximum Gasteiger partial charge on any atom is 0.258 e. The third kappa shape index (κ3) is 3.47. The van der Waals surface area contributed by atoms with E-state index in [-0.39, 0.29) is 18.0 Å². The number of H-pyrrole nitrogens is 1. The average Bonchev–Trinajstić information content (AvgIpc) is 3.12. The fraction of sp³-hybridized carbons (Fsp3) is 0.500. The van der Waals surface area contributed by atoms with Gasteiger partial charge in [-0.15, -0.1) is 0 Å². The van der Waals surface area contributed by atoms with Gasteiger partial charge < -0.3 is 14.3 Å². The molecule has 1 fully saturated rings. The predicted octanol–water partition coefficient (Wildman–Crippen LogP) is 2.36. The van der Waals surface area contributed by atoms with Crippen LogP contribution in [0.4, 0.5) is 5.95 Å². The second-order valence-corrected chi connectivity index (χ2v) is 8.74. The largest absolute Gasteiger partial charge is 0.342 e. The zero-order valence-corrected chi connectivity index (χ0v) is 18.1. The molecular weight excluding hydrogens is 396 g/mol. The molecule has 9 heteroatoms. The zero-order valence-electron chi connectivity index (χ0n) is 18.1. The number of nitrogens with zero attached hydrogens (tertiary/aromatic N) is 5. The van der Waals surface area contributed by atoms with E-state index in [1.54, 1.807) is 17.9 Å². The highest BCUT2D eigenvalue weighted by Crippen LogP contribution is 2.26. The van der Waals surface area contributed by atoms with Gasteiger partial charge in [-0.2, -0.15) is 0 Å². The fourth-order valence-electron chi connectivity index (χ4n) is 4.67. The van der Waals surface area contributed by atoms with Crippen molar-refractivity contribution in [2.75, 3.05) is 24.5 Å². The molecule has 1 unspecified atom stereocenters. The lowest BCUT2D eigenvalue weighted by Crippen LogP contribution is -2.41. The van der Waals surface area contributed by atoms with Gasteiger partial charge in [0.1, 0.15) is 0 Å². The summed E-state index contributed by atoms with van der Waals surface area (Å²) in [5.74, 6) is 1.09. The number of pyridine rings is 1. The van der Waals surface area contributed by atoms with Crippen molar-refractivity contribution in [1.29, 1.82) is 0 Å². The van der Waals surface area contributed by atoms with Crippen molar-refractivity contribution in [3.05, 3.63) is 44.6 Å². The van der Waals surface area contributed by atoms with Crippen LogP contribution in [0.25, 0.3) is 11.1 Å². The second kappa shape index (κ2) is 7.47. The number of aromatic amines is 1. The molecule has 162 valence electrons. The second-order valence-electron chi connectivity index (χ2n) is 8.74. The summed E-state index contributed by atoms with van der Waals surface area (Å²) in [6.45, 7) is 8.39. The summed E-state index contributed by atoms with van der Waals surface area (Å²) in [6.07, 6.45) is 2.86. The summed E-state index contributed by atoms with van der Waals surface area (Å²) >= 11 is 0. The summed E-state index contributed by atoms with van der Waals surface area (Å²) in [5.41, 5.74) is 3.38. The van der Waals surface area contributed by atoms with Crippen LogP contribution in [-0.4, -0.2) is 50.5 Å². The van der Waals surface area contributed by atoms with Crippen LogP contribution in [0.3, 0.4) is 0 Å². The Morgan fingerprint density at radius 3 is 2.90 bits per heavy atom. The standard InChI is InChI=1S/C22H26N6O3/c1-12-5-4-7-28(10-12)22-24-17-6-8-27(11-16(17)19(29)25-22)21(30)15-9-13(2)23-20-18(15)14(3)26-31-20/h9,12H,4-8,10-11H2,1-3H3,(H,24,25,29). The minimum absolute atomic E-state index is 0.152. The SMILES string of the molecule is Cc1cc(C(=O)N2CCc3nc(N4CCCC(C)C4)[nH]c(=O)c3C2)c2c(C)noc2n1. The van der Waals surface area contributed by atoms with Crippen molar-refractivity contribution in [1.82, 2.24) is 25.0 Å². The topological polar surface area (TPSA) is 108 Å². The molecule has 3 aromatic rings. The number of aryl methyl sites for hydroxylation is 2. The molecule has 1 saturated heterocycles. The summed E-state index contributed by atoms with van der Waals surface area (Å²) in [7, 11) is 0. The van der Waals surface area contributed by atoms with E-state index in [1.165, 1.54) is 6.42 Å². The zero-order chi connectivity index (χ0) is 21.7. The number of anilines is 1. The molecule has 3 aromatic heterocycles. The Morgan fingerprint density at radius 2 is 2.10 bits per heavy atom. The van der Waals surface area contributed by atoms with E-state index in [4.69, 9.17) is 9.51 Å². The Labute approximate surface area is 179 Å². The van der Waals surface area contributed by atoms with Crippen molar-refractivity contribution in [3.8, 4) is 0 Å². The lowest BCUT2D eigenvalue weighted by atomic mass is 10.0. The first-order chi connectivity index (χ1) is 14.9. The van der Waals surface area contributed by atoms with E-state index < -0.39 is 0 Å². The van der Waals surface area contributed by atoms with Crippen LogP contribution in [0.1, 0.15) is 52.8 Å². The highest BCUT2D eigenvalue weighted by atomic mass is 16.5. The van der Waals surface area contributed by atoms with Crippen LogP contribution in [0.5, 0.6) is 0 Å². The Bertz CT molecular complexity index is 1230. The van der Waals surface area contributed by atoms with E-state index in [1.807, 2.05) is 6.92 Å². The predicted molar refractivity (Wildman–Crippen MR) is 115 cm³/mol. The van der Waals surface area contributed by atoms with Crippen LogP contribution in [-0.2, 0) is 13.0 Å². The Morgan fingerprint density at radius 1 is 1.26 bits per heavy atom. The highest BCUT2D eigenvalue weighted by molar-refractivity contribution is 6.06. The van der Waals surface area contributed by atoms with E-state index >= 15 is 0 Å². The Kier molecular flexibility index (Phi) is 4.75. The number of fused-ring (bicyclic) bond motifs is 2. The van der Waals surface area contributed by atoms with Crippen LogP contribution in [0.15, 0.2) is 15.4 Å². The van der Waals surface area contributed by atoms with Gasteiger partial charge in [0, 0.05) is 31.7 Å². The normalized spacial score (nSPS) is 19.0. The van der Waals surface area contributed by atoms with Gasteiger partial charge in [-0.05, 0) is 38.7 Å². The maximum atomic E-state index is 13.4. The van der Waals surface area contributed by atoms with Gasteiger partial charge in [0.25, 0.3) is 17.2 Å². The lowest BCUT2D eigenvalue weighted by Gasteiger charge is -2.33. The van der Waals surface area contributed by atoms with Crippen LogP contribution in [0.2, 0.25) is 0 Å². The minimum Gasteiger partial charge on any atom is -0.342 e. The molecule has 0 aromatic carbocycles. The van der Waals surface area contributed by atoms with Crippen molar-refractivity contribution >= 4 is 23.0 Å². The molecule has 9 nitrogen and oxygen atoms in total. The molecule has 2 aliphatic heterocycles. The summed E-state index contributed by atoms with van der Waals surface area (Å²) < 4.78 is 5.26. The number of hydrogen-bond donors (Lipinski definition) is 1. The Hall–Kier alpha value is -3.23. The molecule has 1 amide bonds. The van der Waals surface area contributed by atoms with Crippen LogP contribution in [0, 0.1) is 19.8 Å². The molecule has 1 N–H and O–H groups in total. The molecule has 2 aliphatic rings. The summed E-state index contributed by atoms with van der Waals surface area (Å²) in [5, 5.41) is 4.58. The first-order valence-corrected chi connectivity index (χ1v) is 10.8. The van der Waals surface area contributed by atoms with Crippen molar-refractivity contribution in [2.45, 2.75) is 46.6 Å². The molecular formula is C22H26N6O3. The Balaban J connectivity index is 1.44. The van der Waals surface area contributed by atoms with E-state index in [2.05, 4.69) is 26.9 Å². The molecule has 1 atom stereocenters.